The molecule has 5 nitrogen and oxygen atoms in total. The van der Waals surface area contributed by atoms with E-state index in [1.54, 1.807) is 31.2 Å². The molecular formula is C22H24FN3O2. The molecule has 1 saturated heterocycles. The van der Waals surface area contributed by atoms with E-state index in [9.17, 15) is 14.0 Å². The van der Waals surface area contributed by atoms with Crippen LogP contribution in [-0.2, 0) is 0 Å². The van der Waals surface area contributed by atoms with Crippen molar-refractivity contribution in [2.45, 2.75) is 38.8 Å². The van der Waals surface area contributed by atoms with E-state index in [4.69, 9.17) is 0 Å². The lowest BCUT2D eigenvalue weighted by Crippen LogP contribution is -2.53. The summed E-state index contributed by atoms with van der Waals surface area (Å²) in [5, 5.41) is 2.81. The maximum Gasteiger partial charge on any atom is 0.257 e. The predicted molar refractivity (Wildman–Crippen MR) is 107 cm³/mol. The molecule has 28 heavy (non-hydrogen) atoms. The number of amides is 2. The predicted octanol–water partition coefficient (Wildman–Crippen LogP) is 4.18. The van der Waals surface area contributed by atoms with E-state index in [2.05, 4.69) is 10.2 Å². The molecule has 0 bridgehead atoms. The van der Waals surface area contributed by atoms with E-state index < -0.39 is 0 Å². The Balaban J connectivity index is 1.62. The van der Waals surface area contributed by atoms with E-state index in [1.807, 2.05) is 11.9 Å². The van der Waals surface area contributed by atoms with Gasteiger partial charge < -0.3 is 15.1 Å². The lowest BCUT2D eigenvalue weighted by molar-refractivity contribution is 0.0661. The van der Waals surface area contributed by atoms with Crippen molar-refractivity contribution in [3.63, 3.8) is 0 Å². The first-order valence-electron chi connectivity index (χ1n) is 9.71. The Morgan fingerprint density at radius 2 is 1.96 bits per heavy atom. The number of hydrogen-bond donors (Lipinski definition) is 1. The molecule has 0 saturated carbocycles. The van der Waals surface area contributed by atoms with Crippen molar-refractivity contribution in [3.05, 3.63) is 58.9 Å². The smallest absolute Gasteiger partial charge is 0.257 e. The van der Waals surface area contributed by atoms with Gasteiger partial charge in [-0.3, -0.25) is 9.59 Å². The second kappa shape index (κ2) is 7.26. The summed E-state index contributed by atoms with van der Waals surface area (Å²) in [4.78, 5) is 29.7. The standard InChI is InChI=1S/C22H24FN3O2/c1-14-12-16(8-10-18(14)23)24-21(27)15-7-9-17-19(13-15)25(2)20-6-4-3-5-11-26(20)22(17)28/h7-10,12-13,20H,3-6,11H2,1-2H3,(H,24,27)/t20-/m0/s1. The third-order valence-electron chi connectivity index (χ3n) is 5.72. The summed E-state index contributed by atoms with van der Waals surface area (Å²) >= 11 is 0. The quantitative estimate of drug-likeness (QED) is 0.849. The van der Waals surface area contributed by atoms with Gasteiger partial charge in [0.15, 0.2) is 0 Å². The minimum Gasteiger partial charge on any atom is -0.354 e. The highest BCUT2D eigenvalue weighted by Gasteiger charge is 2.36. The van der Waals surface area contributed by atoms with Crippen molar-refractivity contribution < 1.29 is 14.0 Å². The zero-order valence-electron chi connectivity index (χ0n) is 16.2. The summed E-state index contributed by atoms with van der Waals surface area (Å²) in [6.45, 7) is 2.43. The monoisotopic (exact) mass is 381 g/mol. The zero-order chi connectivity index (χ0) is 19.8. The molecule has 0 unspecified atom stereocenters. The second-order valence-electron chi connectivity index (χ2n) is 7.59. The number of anilines is 2. The lowest BCUT2D eigenvalue weighted by Gasteiger charge is -2.43. The molecule has 2 aliphatic heterocycles. The van der Waals surface area contributed by atoms with Gasteiger partial charge >= 0.3 is 0 Å². The summed E-state index contributed by atoms with van der Waals surface area (Å²) in [7, 11) is 1.99. The van der Waals surface area contributed by atoms with Gasteiger partial charge in [-0.05, 0) is 68.1 Å². The molecule has 6 heteroatoms. The number of carbonyl (C=O) groups is 2. The van der Waals surface area contributed by atoms with Crippen LogP contribution in [0.1, 0.15) is 52.0 Å². The molecular weight excluding hydrogens is 357 g/mol. The van der Waals surface area contributed by atoms with E-state index >= 15 is 0 Å². The van der Waals surface area contributed by atoms with Crippen LogP contribution in [0.15, 0.2) is 36.4 Å². The van der Waals surface area contributed by atoms with Crippen LogP contribution in [-0.4, -0.2) is 36.5 Å². The molecule has 0 spiro atoms. The molecule has 1 atom stereocenters. The van der Waals surface area contributed by atoms with Crippen molar-refractivity contribution in [3.8, 4) is 0 Å². The van der Waals surface area contributed by atoms with E-state index in [0.29, 0.717) is 22.4 Å². The van der Waals surface area contributed by atoms with Gasteiger partial charge in [0.1, 0.15) is 12.0 Å². The van der Waals surface area contributed by atoms with Crippen LogP contribution in [0.4, 0.5) is 15.8 Å². The molecule has 1 fully saturated rings. The number of aryl methyl sites for hydroxylation is 1. The molecule has 2 aromatic carbocycles. The number of fused-ring (bicyclic) bond motifs is 2. The minimum atomic E-state index is -0.306. The molecule has 146 valence electrons. The minimum absolute atomic E-state index is 0.0422. The van der Waals surface area contributed by atoms with Crippen molar-refractivity contribution >= 4 is 23.2 Å². The summed E-state index contributed by atoms with van der Waals surface area (Å²) in [6, 6.07) is 9.67. The Morgan fingerprint density at radius 1 is 1.14 bits per heavy atom. The van der Waals surface area contributed by atoms with Gasteiger partial charge in [0, 0.05) is 24.8 Å². The topological polar surface area (TPSA) is 52.7 Å². The van der Waals surface area contributed by atoms with Crippen molar-refractivity contribution in [2.75, 3.05) is 23.8 Å². The fraction of sp³-hybridized carbons (Fsp3) is 0.364. The third kappa shape index (κ3) is 3.23. The molecule has 1 N–H and O–H groups in total. The Morgan fingerprint density at radius 3 is 2.75 bits per heavy atom. The number of benzene rings is 2. The third-order valence-corrected chi connectivity index (χ3v) is 5.72. The van der Waals surface area contributed by atoms with Crippen LogP contribution in [0.3, 0.4) is 0 Å². The van der Waals surface area contributed by atoms with Gasteiger partial charge in [0.2, 0.25) is 0 Å². The van der Waals surface area contributed by atoms with E-state index in [-0.39, 0.29) is 23.8 Å². The maximum absolute atomic E-state index is 13.4. The average molecular weight is 381 g/mol. The van der Waals surface area contributed by atoms with Gasteiger partial charge in [-0.15, -0.1) is 0 Å². The largest absolute Gasteiger partial charge is 0.354 e. The highest BCUT2D eigenvalue weighted by atomic mass is 19.1. The lowest BCUT2D eigenvalue weighted by atomic mass is 10.0. The number of hydrogen-bond acceptors (Lipinski definition) is 3. The summed E-state index contributed by atoms with van der Waals surface area (Å²) in [5.41, 5.74) is 2.91. The normalized spacial score (nSPS) is 19.0. The Hall–Kier alpha value is -2.89. The highest BCUT2D eigenvalue weighted by Crippen LogP contribution is 2.34. The Bertz CT molecular complexity index is 943. The SMILES string of the molecule is Cc1cc(NC(=O)c2ccc3c(c2)N(C)[C@@H]2CCCCCN2C3=O)ccc1F. The van der Waals surface area contributed by atoms with Crippen LogP contribution in [0.25, 0.3) is 0 Å². The van der Waals surface area contributed by atoms with Crippen molar-refractivity contribution in [1.29, 1.82) is 0 Å². The number of nitrogens with zero attached hydrogens (tertiary/aromatic N) is 2. The number of carbonyl (C=O) groups excluding carboxylic acids is 2. The first-order valence-corrected chi connectivity index (χ1v) is 9.71. The van der Waals surface area contributed by atoms with Crippen molar-refractivity contribution in [1.82, 2.24) is 4.90 Å². The Labute approximate surface area is 164 Å². The van der Waals surface area contributed by atoms with Crippen LogP contribution in [0.2, 0.25) is 0 Å². The summed E-state index contributed by atoms with van der Waals surface area (Å²) < 4.78 is 13.4. The van der Waals surface area contributed by atoms with E-state index in [1.165, 1.54) is 12.1 Å². The molecule has 2 aliphatic rings. The molecule has 2 aromatic rings. The fourth-order valence-electron chi connectivity index (χ4n) is 4.12. The first kappa shape index (κ1) is 18.5. The molecule has 0 aromatic heterocycles. The first-order chi connectivity index (χ1) is 13.5. The molecule has 2 amide bonds. The second-order valence-corrected chi connectivity index (χ2v) is 7.59. The van der Waals surface area contributed by atoms with Crippen LogP contribution < -0.4 is 10.2 Å². The fourth-order valence-corrected chi connectivity index (χ4v) is 4.12. The van der Waals surface area contributed by atoms with Gasteiger partial charge in [-0.1, -0.05) is 6.42 Å². The van der Waals surface area contributed by atoms with E-state index in [0.717, 1.165) is 37.9 Å². The van der Waals surface area contributed by atoms with Gasteiger partial charge in [-0.25, -0.2) is 4.39 Å². The van der Waals surface area contributed by atoms with Crippen LogP contribution in [0, 0.1) is 12.7 Å². The number of halogens is 1. The number of rotatable bonds is 2. The number of nitrogens with one attached hydrogen (secondary N) is 1. The zero-order valence-corrected chi connectivity index (χ0v) is 16.2. The highest BCUT2D eigenvalue weighted by molar-refractivity contribution is 6.08. The van der Waals surface area contributed by atoms with Gasteiger partial charge in [0.25, 0.3) is 11.8 Å². The van der Waals surface area contributed by atoms with Gasteiger partial charge in [-0.2, -0.15) is 0 Å². The molecule has 4 rings (SSSR count). The molecule has 0 radical (unpaired) electrons. The van der Waals surface area contributed by atoms with Crippen LogP contribution >= 0.6 is 0 Å². The Kier molecular flexibility index (Phi) is 4.79. The average Bonchev–Trinajstić information content (AvgIpc) is 2.95. The van der Waals surface area contributed by atoms with Crippen molar-refractivity contribution in [2.24, 2.45) is 0 Å². The molecule has 0 aliphatic carbocycles. The van der Waals surface area contributed by atoms with Crippen LogP contribution in [0.5, 0.6) is 0 Å². The summed E-state index contributed by atoms with van der Waals surface area (Å²) in [6.07, 6.45) is 4.24. The maximum atomic E-state index is 13.4. The molecule has 2 heterocycles. The van der Waals surface area contributed by atoms with Gasteiger partial charge in [0.05, 0.1) is 11.3 Å². The summed E-state index contributed by atoms with van der Waals surface area (Å²) in [5.74, 6) is -0.543.